The Labute approximate surface area is 147 Å². The van der Waals surface area contributed by atoms with Crippen molar-refractivity contribution in [2.45, 2.75) is 27.4 Å². The molecule has 0 fully saturated rings. The molecule has 2 aromatic rings. The lowest BCUT2D eigenvalue weighted by molar-refractivity contribution is 0.0471. The molecule has 25 heavy (non-hydrogen) atoms. The summed E-state index contributed by atoms with van der Waals surface area (Å²) in [5.74, 6) is -0.988. The van der Waals surface area contributed by atoms with Gasteiger partial charge in [0.2, 0.25) is 5.95 Å². The number of benzene rings is 1. The Morgan fingerprint density at radius 2 is 2.04 bits per heavy atom. The van der Waals surface area contributed by atoms with Crippen molar-refractivity contribution in [3.05, 3.63) is 58.7 Å². The van der Waals surface area contributed by atoms with Gasteiger partial charge in [-0.25, -0.2) is 14.8 Å². The molecule has 0 amide bonds. The molecule has 0 radical (unpaired) electrons. The van der Waals surface area contributed by atoms with Gasteiger partial charge >= 0.3 is 5.97 Å². The molecule has 6 heteroatoms. The number of halogens is 1. The van der Waals surface area contributed by atoms with Gasteiger partial charge in [0.1, 0.15) is 6.61 Å². The molecule has 0 spiro atoms. The number of nitrogens with zero attached hydrogens (tertiary/aromatic N) is 3. The molecule has 1 heterocycles. The van der Waals surface area contributed by atoms with Gasteiger partial charge in [0, 0.05) is 25.4 Å². The highest BCUT2D eigenvalue weighted by atomic mass is 19.1. The first-order valence-electron chi connectivity index (χ1n) is 8.04. The molecule has 0 saturated heterocycles. The minimum Gasteiger partial charge on any atom is -0.457 e. The van der Waals surface area contributed by atoms with E-state index >= 15 is 0 Å². The van der Waals surface area contributed by atoms with Crippen LogP contribution in [0.3, 0.4) is 0 Å². The summed E-state index contributed by atoms with van der Waals surface area (Å²) in [6, 6.07) is 6.29. The average molecular weight is 343 g/mol. The highest BCUT2D eigenvalue weighted by Gasteiger charge is 2.14. The molecule has 0 aliphatic rings. The molecule has 0 aliphatic heterocycles. The number of ether oxygens (including phenoxy) is 1. The van der Waals surface area contributed by atoms with Gasteiger partial charge in [-0.15, -0.1) is 0 Å². The maximum Gasteiger partial charge on any atom is 0.338 e. The first-order chi connectivity index (χ1) is 11.9. The second kappa shape index (κ2) is 8.37. The van der Waals surface area contributed by atoms with E-state index in [0.717, 1.165) is 23.4 Å². The maximum absolute atomic E-state index is 12.8. The molecule has 0 bridgehead atoms. The first kappa shape index (κ1) is 18.6. The third kappa shape index (κ3) is 4.86. The summed E-state index contributed by atoms with van der Waals surface area (Å²) in [6.07, 6.45) is 3.12. The van der Waals surface area contributed by atoms with Crippen LogP contribution in [0.25, 0.3) is 0 Å². The van der Waals surface area contributed by atoms with E-state index in [4.69, 9.17) is 4.74 Å². The number of rotatable bonds is 6. The molecule has 2 rings (SSSR count). The predicted octanol–water partition coefficient (Wildman–Crippen LogP) is 3.81. The fourth-order valence-corrected chi connectivity index (χ4v) is 2.13. The molecular weight excluding hydrogens is 321 g/mol. The minimum absolute atomic E-state index is 0.0474. The molecule has 0 aliphatic carbocycles. The monoisotopic (exact) mass is 343 g/mol. The van der Waals surface area contributed by atoms with Crippen LogP contribution in [0.4, 0.5) is 10.1 Å². The molecule has 1 aromatic carbocycles. The number of esters is 1. The third-order valence-corrected chi connectivity index (χ3v) is 4.03. The predicted molar refractivity (Wildman–Crippen MR) is 95.7 cm³/mol. The van der Waals surface area contributed by atoms with Gasteiger partial charge in [-0.2, -0.15) is 4.39 Å². The summed E-state index contributed by atoms with van der Waals surface area (Å²) in [7, 11) is 1.95. The van der Waals surface area contributed by atoms with E-state index in [1.165, 1.54) is 18.3 Å². The lowest BCUT2D eigenvalue weighted by Gasteiger charge is -2.12. The van der Waals surface area contributed by atoms with Crippen molar-refractivity contribution in [1.29, 1.82) is 0 Å². The molecule has 0 unspecified atom stereocenters. The average Bonchev–Trinajstić information content (AvgIpc) is 2.62. The number of carbonyl (C=O) groups excluding carboxylic acids is 1. The van der Waals surface area contributed by atoms with Gasteiger partial charge in [0.05, 0.1) is 17.6 Å². The zero-order valence-corrected chi connectivity index (χ0v) is 14.9. The summed E-state index contributed by atoms with van der Waals surface area (Å²) in [6.45, 7) is 6.75. The van der Waals surface area contributed by atoms with Crippen LogP contribution < -0.4 is 0 Å². The van der Waals surface area contributed by atoms with Crippen molar-refractivity contribution < 1.29 is 13.9 Å². The number of aromatic nitrogens is 1. The molecule has 0 N–H and O–H groups in total. The Balaban J connectivity index is 2.10. The summed E-state index contributed by atoms with van der Waals surface area (Å²) in [4.78, 5) is 22.3. The van der Waals surface area contributed by atoms with Crippen molar-refractivity contribution in [2.24, 2.45) is 4.99 Å². The third-order valence-electron chi connectivity index (χ3n) is 4.03. The van der Waals surface area contributed by atoms with E-state index in [2.05, 4.69) is 9.98 Å². The number of hydrogen-bond acceptors (Lipinski definition) is 4. The quantitative estimate of drug-likeness (QED) is 0.346. The second-order valence-electron chi connectivity index (χ2n) is 5.77. The lowest BCUT2D eigenvalue weighted by Crippen LogP contribution is -2.14. The molecule has 0 atom stereocenters. The highest BCUT2D eigenvalue weighted by Crippen LogP contribution is 2.25. The van der Waals surface area contributed by atoms with E-state index in [0.29, 0.717) is 11.1 Å². The van der Waals surface area contributed by atoms with E-state index in [-0.39, 0.29) is 6.61 Å². The van der Waals surface area contributed by atoms with Crippen molar-refractivity contribution in [2.75, 3.05) is 13.6 Å². The zero-order valence-electron chi connectivity index (χ0n) is 14.9. The van der Waals surface area contributed by atoms with Crippen LogP contribution >= 0.6 is 0 Å². The van der Waals surface area contributed by atoms with Crippen molar-refractivity contribution in [1.82, 2.24) is 9.88 Å². The van der Waals surface area contributed by atoms with Crippen LogP contribution in [-0.4, -0.2) is 35.8 Å². The van der Waals surface area contributed by atoms with Gasteiger partial charge in [-0.05, 0) is 56.2 Å². The van der Waals surface area contributed by atoms with E-state index in [9.17, 15) is 9.18 Å². The van der Waals surface area contributed by atoms with Crippen LogP contribution in [0.1, 0.15) is 34.0 Å². The Morgan fingerprint density at radius 3 is 2.68 bits per heavy atom. The molecular formula is C19H22FN3O2. The van der Waals surface area contributed by atoms with Gasteiger partial charge in [0.25, 0.3) is 0 Å². The number of aliphatic imine (C=N–C) groups is 1. The van der Waals surface area contributed by atoms with Crippen LogP contribution in [0.5, 0.6) is 0 Å². The molecule has 5 nitrogen and oxygen atoms in total. The number of pyridine rings is 1. The van der Waals surface area contributed by atoms with Crippen LogP contribution in [0.15, 0.2) is 35.5 Å². The van der Waals surface area contributed by atoms with Gasteiger partial charge in [0.15, 0.2) is 0 Å². The van der Waals surface area contributed by atoms with E-state index in [1.807, 2.05) is 32.7 Å². The maximum atomic E-state index is 12.8. The van der Waals surface area contributed by atoms with Crippen molar-refractivity contribution in [3.63, 3.8) is 0 Å². The zero-order chi connectivity index (χ0) is 18.4. The van der Waals surface area contributed by atoms with Crippen LogP contribution in [0.2, 0.25) is 0 Å². The number of carbonyl (C=O) groups is 1. The van der Waals surface area contributed by atoms with Gasteiger partial charge in [-0.1, -0.05) is 0 Å². The van der Waals surface area contributed by atoms with Crippen molar-refractivity contribution in [3.8, 4) is 0 Å². The van der Waals surface area contributed by atoms with Crippen LogP contribution in [0, 0.1) is 19.8 Å². The van der Waals surface area contributed by atoms with Gasteiger partial charge in [-0.3, -0.25) is 0 Å². The van der Waals surface area contributed by atoms with Gasteiger partial charge < -0.3 is 9.64 Å². The van der Waals surface area contributed by atoms with Crippen LogP contribution in [-0.2, 0) is 11.3 Å². The summed E-state index contributed by atoms with van der Waals surface area (Å²) in [5, 5.41) is 0. The van der Waals surface area contributed by atoms with E-state index in [1.54, 1.807) is 18.5 Å². The Bertz CT molecular complexity index is 773. The summed E-state index contributed by atoms with van der Waals surface area (Å²) >= 11 is 0. The summed E-state index contributed by atoms with van der Waals surface area (Å²) in [5.41, 5.74) is 3.70. The fourth-order valence-electron chi connectivity index (χ4n) is 2.13. The lowest BCUT2D eigenvalue weighted by atomic mass is 10.0. The topological polar surface area (TPSA) is 54.8 Å². The number of hydrogen-bond donors (Lipinski definition) is 0. The van der Waals surface area contributed by atoms with Crippen molar-refractivity contribution >= 4 is 18.0 Å². The standard InChI is InChI=1S/C19H22FN3O2/c1-5-23(4)12-22-17-8-7-16(13(2)14(17)3)19(24)25-11-15-6-9-18(20)21-10-15/h6-10,12H,5,11H2,1-4H3/b22-12+. The second-order valence-corrected chi connectivity index (χ2v) is 5.77. The Hall–Kier alpha value is -2.76. The molecule has 0 saturated carbocycles. The largest absolute Gasteiger partial charge is 0.457 e. The highest BCUT2D eigenvalue weighted by molar-refractivity contribution is 5.92. The molecule has 1 aromatic heterocycles. The summed E-state index contributed by atoms with van der Waals surface area (Å²) < 4.78 is 18.1. The minimum atomic E-state index is -0.564. The molecule has 132 valence electrons. The normalized spacial score (nSPS) is 10.9. The fraction of sp³-hybridized carbons (Fsp3) is 0.316. The first-order valence-corrected chi connectivity index (χ1v) is 8.04. The Morgan fingerprint density at radius 1 is 1.28 bits per heavy atom. The SMILES string of the molecule is CCN(C)/C=N/c1ccc(C(=O)OCc2ccc(F)nc2)c(C)c1C. The van der Waals surface area contributed by atoms with E-state index < -0.39 is 11.9 Å². The smallest absolute Gasteiger partial charge is 0.338 e. The Kier molecular flexibility index (Phi) is 6.22.